The highest BCUT2D eigenvalue weighted by molar-refractivity contribution is 5.52. The van der Waals surface area contributed by atoms with Crippen molar-refractivity contribution in [2.24, 2.45) is 0 Å². The second-order valence-electron chi connectivity index (χ2n) is 1.73. The minimum atomic E-state index is 0.00893. The van der Waals surface area contributed by atoms with Crippen LogP contribution in [0.2, 0.25) is 0 Å². The Morgan fingerprint density at radius 1 is 1.50 bits per heavy atom. The molecule has 0 saturated carbocycles. The number of carbonyl (C=O) groups excluding carboxylic acids is 1. The second kappa shape index (κ2) is 2.91. The van der Waals surface area contributed by atoms with Crippen molar-refractivity contribution in [1.82, 2.24) is 9.97 Å². The summed E-state index contributed by atoms with van der Waals surface area (Å²) in [5.74, 6) is 0.433. The second-order valence-corrected chi connectivity index (χ2v) is 1.73. The van der Waals surface area contributed by atoms with Crippen LogP contribution in [0.5, 0.6) is 5.75 Å². The Bertz CT molecular complexity index is 220. The van der Waals surface area contributed by atoms with Gasteiger partial charge in [0.15, 0.2) is 5.75 Å². The van der Waals surface area contributed by atoms with Gasteiger partial charge >= 0.3 is 0 Å². The number of hydrogen-bond acceptors (Lipinski definition) is 4. The maximum atomic E-state index is 9.92. The number of aromatic nitrogens is 2. The van der Waals surface area contributed by atoms with Gasteiger partial charge in [0.05, 0.1) is 18.8 Å². The fraction of sp³-hybridized carbons (Fsp3) is 0.167. The summed E-state index contributed by atoms with van der Waals surface area (Å²) in [6.07, 6.45) is 3.42. The lowest BCUT2D eigenvalue weighted by Crippen LogP contribution is -1.93. The van der Waals surface area contributed by atoms with E-state index in [1.807, 2.05) is 0 Å². The van der Waals surface area contributed by atoms with Crippen LogP contribution in [0, 0.1) is 0 Å². The zero-order valence-electron chi connectivity index (χ0n) is 5.19. The third-order valence-electron chi connectivity index (χ3n) is 0.958. The van der Waals surface area contributed by atoms with Gasteiger partial charge in [0.25, 0.3) is 0 Å². The van der Waals surface area contributed by atoms with Crippen LogP contribution < -0.4 is 0 Å². The number of nitrogens with zero attached hydrogens (tertiary/aromatic N) is 2. The molecule has 0 bridgehead atoms. The van der Waals surface area contributed by atoms with Crippen molar-refractivity contribution in [2.75, 3.05) is 0 Å². The molecule has 0 spiro atoms. The van der Waals surface area contributed by atoms with Crippen molar-refractivity contribution in [3.05, 3.63) is 18.2 Å². The number of carbonyl (C=O) groups is 1. The Labute approximate surface area is 57.6 Å². The first-order valence-corrected chi connectivity index (χ1v) is 2.76. The molecular formula is C6H6N2O2. The summed E-state index contributed by atoms with van der Waals surface area (Å²) < 4.78 is 0. The summed E-state index contributed by atoms with van der Waals surface area (Å²) in [6, 6.07) is 0. The van der Waals surface area contributed by atoms with Crippen LogP contribution in [0.4, 0.5) is 0 Å². The monoisotopic (exact) mass is 138 g/mol. The zero-order valence-corrected chi connectivity index (χ0v) is 5.19. The standard InChI is InChI=1S/C6H6N2O2/c9-2-1-6-7-3-5(10)4-8-6/h2-4,10H,1H2. The SMILES string of the molecule is O=CCc1ncc(O)cn1. The van der Waals surface area contributed by atoms with Gasteiger partial charge in [-0.25, -0.2) is 9.97 Å². The maximum Gasteiger partial charge on any atom is 0.152 e. The van der Waals surface area contributed by atoms with Gasteiger partial charge in [-0.1, -0.05) is 0 Å². The molecule has 52 valence electrons. The van der Waals surface area contributed by atoms with Crippen LogP contribution in [0.25, 0.3) is 0 Å². The third-order valence-corrected chi connectivity index (χ3v) is 0.958. The van der Waals surface area contributed by atoms with E-state index in [1.54, 1.807) is 0 Å². The minimum absolute atomic E-state index is 0.00893. The Kier molecular flexibility index (Phi) is 1.94. The van der Waals surface area contributed by atoms with Crippen molar-refractivity contribution in [3.63, 3.8) is 0 Å². The molecule has 1 rings (SSSR count). The van der Waals surface area contributed by atoms with E-state index in [9.17, 15) is 4.79 Å². The summed E-state index contributed by atoms with van der Waals surface area (Å²) in [4.78, 5) is 17.3. The van der Waals surface area contributed by atoms with Gasteiger partial charge in [0.1, 0.15) is 12.1 Å². The minimum Gasteiger partial charge on any atom is -0.505 e. The first-order valence-electron chi connectivity index (χ1n) is 2.76. The molecule has 0 amide bonds. The van der Waals surface area contributed by atoms with E-state index in [0.29, 0.717) is 12.1 Å². The van der Waals surface area contributed by atoms with Crippen LogP contribution >= 0.6 is 0 Å². The van der Waals surface area contributed by atoms with Crippen molar-refractivity contribution in [1.29, 1.82) is 0 Å². The molecule has 1 N–H and O–H groups in total. The van der Waals surface area contributed by atoms with Crippen LogP contribution in [0.1, 0.15) is 5.82 Å². The van der Waals surface area contributed by atoms with E-state index < -0.39 is 0 Å². The largest absolute Gasteiger partial charge is 0.505 e. The lowest BCUT2D eigenvalue weighted by molar-refractivity contribution is -0.107. The van der Waals surface area contributed by atoms with E-state index in [-0.39, 0.29) is 12.2 Å². The predicted molar refractivity (Wildman–Crippen MR) is 33.5 cm³/mol. The van der Waals surface area contributed by atoms with Crippen molar-refractivity contribution in [3.8, 4) is 5.75 Å². The van der Waals surface area contributed by atoms with Crippen LogP contribution in [0.15, 0.2) is 12.4 Å². The number of aldehydes is 1. The predicted octanol–water partition coefficient (Wildman–Crippen LogP) is -0.0764. The Morgan fingerprint density at radius 2 is 2.10 bits per heavy atom. The van der Waals surface area contributed by atoms with Crippen LogP contribution in [-0.2, 0) is 11.2 Å². The summed E-state index contributed by atoms with van der Waals surface area (Å²) >= 11 is 0. The molecule has 4 heteroatoms. The molecule has 0 aromatic carbocycles. The zero-order chi connectivity index (χ0) is 7.40. The van der Waals surface area contributed by atoms with Crippen molar-refractivity contribution < 1.29 is 9.90 Å². The summed E-state index contributed by atoms with van der Waals surface area (Å²) in [7, 11) is 0. The fourth-order valence-corrected chi connectivity index (χ4v) is 0.528. The molecule has 0 saturated heterocycles. The molecule has 0 fully saturated rings. The van der Waals surface area contributed by atoms with Crippen molar-refractivity contribution in [2.45, 2.75) is 6.42 Å². The van der Waals surface area contributed by atoms with Crippen LogP contribution in [0.3, 0.4) is 0 Å². The molecule has 10 heavy (non-hydrogen) atoms. The van der Waals surface area contributed by atoms with E-state index in [0.717, 1.165) is 0 Å². The Hall–Kier alpha value is -1.45. The van der Waals surface area contributed by atoms with Gasteiger partial charge in [-0.05, 0) is 0 Å². The molecule has 1 heterocycles. The van der Waals surface area contributed by atoms with E-state index in [4.69, 9.17) is 5.11 Å². The third kappa shape index (κ3) is 1.51. The van der Waals surface area contributed by atoms with Crippen molar-refractivity contribution >= 4 is 6.29 Å². The van der Waals surface area contributed by atoms with Gasteiger partial charge in [0.2, 0.25) is 0 Å². The molecule has 0 unspecified atom stereocenters. The van der Waals surface area contributed by atoms with Gasteiger partial charge in [-0.2, -0.15) is 0 Å². The number of rotatable bonds is 2. The van der Waals surface area contributed by atoms with Crippen LogP contribution in [-0.4, -0.2) is 21.4 Å². The van der Waals surface area contributed by atoms with Gasteiger partial charge < -0.3 is 9.90 Å². The van der Waals surface area contributed by atoms with E-state index in [2.05, 4.69) is 9.97 Å². The maximum absolute atomic E-state index is 9.92. The molecule has 0 radical (unpaired) electrons. The first-order chi connectivity index (χ1) is 4.83. The van der Waals surface area contributed by atoms with Gasteiger partial charge in [-0.3, -0.25) is 0 Å². The highest BCUT2D eigenvalue weighted by atomic mass is 16.3. The van der Waals surface area contributed by atoms with Gasteiger partial charge in [0, 0.05) is 0 Å². The number of hydrogen-bond donors (Lipinski definition) is 1. The molecule has 0 aliphatic rings. The summed E-state index contributed by atoms with van der Waals surface area (Å²) in [6.45, 7) is 0. The average molecular weight is 138 g/mol. The fourth-order valence-electron chi connectivity index (χ4n) is 0.528. The normalized spacial score (nSPS) is 9.20. The lowest BCUT2D eigenvalue weighted by Gasteiger charge is -1.91. The molecule has 1 aromatic heterocycles. The van der Waals surface area contributed by atoms with E-state index >= 15 is 0 Å². The quantitative estimate of drug-likeness (QED) is 0.581. The van der Waals surface area contributed by atoms with Gasteiger partial charge in [-0.15, -0.1) is 0 Å². The molecule has 1 aromatic rings. The number of aromatic hydroxyl groups is 1. The summed E-state index contributed by atoms with van der Waals surface area (Å²) in [5, 5.41) is 8.71. The molecule has 0 aliphatic carbocycles. The highest BCUT2D eigenvalue weighted by Crippen LogP contribution is 2.01. The first kappa shape index (κ1) is 6.67. The topological polar surface area (TPSA) is 63.1 Å². The smallest absolute Gasteiger partial charge is 0.152 e. The Balaban J connectivity index is 2.78. The molecule has 4 nitrogen and oxygen atoms in total. The highest BCUT2D eigenvalue weighted by Gasteiger charge is 1.92. The molecule has 0 aliphatic heterocycles. The molecular weight excluding hydrogens is 132 g/mol. The van der Waals surface area contributed by atoms with E-state index in [1.165, 1.54) is 12.4 Å². The summed E-state index contributed by atoms with van der Waals surface area (Å²) in [5.41, 5.74) is 0. The molecule has 0 atom stereocenters. The Morgan fingerprint density at radius 3 is 2.60 bits per heavy atom. The lowest BCUT2D eigenvalue weighted by atomic mass is 10.4. The average Bonchev–Trinajstić information content (AvgIpc) is 1.95.